The molecule has 102 valence electrons. The number of carboxylic acid groups (broad SMARTS) is 1. The quantitative estimate of drug-likeness (QED) is 0.829. The lowest BCUT2D eigenvalue weighted by molar-refractivity contribution is 0.0695. The largest absolute Gasteiger partial charge is 0.477 e. The zero-order valence-electron chi connectivity index (χ0n) is 11.6. The van der Waals surface area contributed by atoms with Gasteiger partial charge in [0, 0.05) is 20.6 Å². The minimum atomic E-state index is -0.952. The van der Waals surface area contributed by atoms with Crippen molar-refractivity contribution in [2.45, 2.75) is 26.9 Å². The smallest absolute Gasteiger partial charge is 0.341 e. The van der Waals surface area contributed by atoms with Crippen molar-refractivity contribution < 1.29 is 14.6 Å². The van der Waals surface area contributed by atoms with Crippen LogP contribution in [0.4, 0.5) is 5.82 Å². The number of rotatable bonds is 6. The number of aromatic carboxylic acids is 1. The molecule has 0 aliphatic rings. The van der Waals surface area contributed by atoms with Crippen LogP contribution in [-0.2, 0) is 11.8 Å². The predicted octanol–water partition coefficient (Wildman–Crippen LogP) is 1.29. The average Bonchev–Trinajstić information content (AvgIpc) is 2.52. The van der Waals surface area contributed by atoms with E-state index in [0.717, 1.165) is 0 Å². The second kappa shape index (κ2) is 5.86. The first kappa shape index (κ1) is 14.5. The van der Waals surface area contributed by atoms with Gasteiger partial charge in [0.2, 0.25) is 0 Å². The normalized spacial score (nSPS) is 11.0. The fraction of sp³-hybridized carbons (Fsp3) is 0.667. The van der Waals surface area contributed by atoms with Crippen LogP contribution in [0.15, 0.2) is 0 Å². The highest BCUT2D eigenvalue weighted by atomic mass is 16.5. The molecule has 0 fully saturated rings. The lowest BCUT2D eigenvalue weighted by Crippen LogP contribution is -2.27. The lowest BCUT2D eigenvalue weighted by Gasteiger charge is -2.20. The van der Waals surface area contributed by atoms with Crippen molar-refractivity contribution in [2.75, 3.05) is 25.1 Å². The Morgan fingerprint density at radius 2 is 2.17 bits per heavy atom. The van der Waals surface area contributed by atoms with Crippen molar-refractivity contribution >= 4 is 11.8 Å². The molecule has 6 nitrogen and oxygen atoms in total. The minimum Gasteiger partial charge on any atom is -0.477 e. The van der Waals surface area contributed by atoms with E-state index in [4.69, 9.17) is 4.74 Å². The predicted molar refractivity (Wildman–Crippen MR) is 69.3 cm³/mol. The molecule has 1 aromatic heterocycles. The van der Waals surface area contributed by atoms with E-state index in [1.165, 1.54) is 0 Å². The van der Waals surface area contributed by atoms with E-state index in [1.807, 2.05) is 25.8 Å². The Bertz CT molecular complexity index is 426. The molecule has 0 atom stereocenters. The Labute approximate surface area is 107 Å². The second-order valence-electron chi connectivity index (χ2n) is 4.55. The van der Waals surface area contributed by atoms with Crippen LogP contribution in [0, 0.1) is 6.92 Å². The van der Waals surface area contributed by atoms with Crippen molar-refractivity contribution in [2.24, 2.45) is 7.05 Å². The van der Waals surface area contributed by atoms with Gasteiger partial charge in [0.25, 0.3) is 0 Å². The molecular weight excluding hydrogens is 234 g/mol. The highest BCUT2D eigenvalue weighted by Gasteiger charge is 2.22. The Hall–Kier alpha value is -1.56. The maximum absolute atomic E-state index is 11.2. The van der Waals surface area contributed by atoms with Crippen LogP contribution in [0.2, 0.25) is 0 Å². The van der Waals surface area contributed by atoms with E-state index in [0.29, 0.717) is 24.7 Å². The third-order valence-electron chi connectivity index (χ3n) is 2.65. The van der Waals surface area contributed by atoms with Crippen molar-refractivity contribution in [1.29, 1.82) is 0 Å². The van der Waals surface area contributed by atoms with E-state index in [2.05, 4.69) is 5.10 Å². The molecule has 1 rings (SSSR count). The van der Waals surface area contributed by atoms with Crippen molar-refractivity contribution in [3.8, 4) is 0 Å². The summed E-state index contributed by atoms with van der Waals surface area (Å²) in [5, 5.41) is 13.4. The Morgan fingerprint density at radius 1 is 1.56 bits per heavy atom. The number of nitrogens with zero attached hydrogens (tertiary/aromatic N) is 3. The first-order valence-electron chi connectivity index (χ1n) is 5.94. The molecule has 1 N–H and O–H groups in total. The van der Waals surface area contributed by atoms with Crippen LogP contribution in [0.3, 0.4) is 0 Å². The molecule has 0 amide bonds. The van der Waals surface area contributed by atoms with Gasteiger partial charge in [0.05, 0.1) is 18.4 Å². The van der Waals surface area contributed by atoms with Gasteiger partial charge in [-0.3, -0.25) is 4.68 Å². The van der Waals surface area contributed by atoms with E-state index >= 15 is 0 Å². The summed E-state index contributed by atoms with van der Waals surface area (Å²) in [6, 6.07) is 0. The fourth-order valence-corrected chi connectivity index (χ4v) is 1.87. The molecule has 1 heterocycles. The molecule has 0 aliphatic heterocycles. The van der Waals surface area contributed by atoms with Gasteiger partial charge in [-0.15, -0.1) is 0 Å². The average molecular weight is 255 g/mol. The standard InChI is InChI=1S/C12H21N3O3/c1-8(2)18-7-6-14(4)11-10(12(16)17)9(3)13-15(11)5/h8H,6-7H2,1-5H3,(H,16,17). The molecular formula is C12H21N3O3. The summed E-state index contributed by atoms with van der Waals surface area (Å²) >= 11 is 0. The number of likely N-dealkylation sites (N-methyl/N-ethyl adjacent to an activating group) is 1. The first-order chi connectivity index (χ1) is 8.34. The fourth-order valence-electron chi connectivity index (χ4n) is 1.87. The van der Waals surface area contributed by atoms with E-state index in [-0.39, 0.29) is 11.7 Å². The number of aryl methyl sites for hydroxylation is 2. The van der Waals surface area contributed by atoms with Crippen LogP contribution in [-0.4, -0.2) is 47.2 Å². The third-order valence-corrected chi connectivity index (χ3v) is 2.65. The number of anilines is 1. The number of hydrogen-bond donors (Lipinski definition) is 1. The van der Waals surface area contributed by atoms with Gasteiger partial charge < -0.3 is 14.7 Å². The first-order valence-corrected chi connectivity index (χ1v) is 5.94. The topological polar surface area (TPSA) is 67.6 Å². The Kier molecular flexibility index (Phi) is 4.72. The highest BCUT2D eigenvalue weighted by Crippen LogP contribution is 2.21. The minimum absolute atomic E-state index is 0.172. The monoisotopic (exact) mass is 255 g/mol. The van der Waals surface area contributed by atoms with Crippen LogP contribution >= 0.6 is 0 Å². The van der Waals surface area contributed by atoms with Crippen molar-refractivity contribution in [3.05, 3.63) is 11.3 Å². The zero-order chi connectivity index (χ0) is 13.9. The number of aromatic nitrogens is 2. The summed E-state index contributed by atoms with van der Waals surface area (Å²) in [5.41, 5.74) is 0.779. The summed E-state index contributed by atoms with van der Waals surface area (Å²) < 4.78 is 7.05. The SMILES string of the molecule is Cc1nn(C)c(N(C)CCOC(C)C)c1C(=O)O. The molecule has 18 heavy (non-hydrogen) atoms. The number of ether oxygens (including phenoxy) is 1. The van der Waals surface area contributed by atoms with E-state index in [1.54, 1.807) is 18.7 Å². The van der Waals surface area contributed by atoms with Gasteiger partial charge in [-0.05, 0) is 20.8 Å². The highest BCUT2D eigenvalue weighted by molar-refractivity contribution is 5.94. The van der Waals surface area contributed by atoms with Crippen LogP contribution in [0.25, 0.3) is 0 Å². The number of carbonyl (C=O) groups is 1. The summed E-state index contributed by atoms with van der Waals surface area (Å²) in [6.07, 6.45) is 0.172. The Morgan fingerprint density at radius 3 is 2.67 bits per heavy atom. The van der Waals surface area contributed by atoms with Gasteiger partial charge >= 0.3 is 5.97 Å². The Balaban J connectivity index is 2.84. The van der Waals surface area contributed by atoms with Crippen LogP contribution in [0.1, 0.15) is 29.9 Å². The molecule has 0 bridgehead atoms. The summed E-state index contributed by atoms with van der Waals surface area (Å²) in [4.78, 5) is 13.1. The van der Waals surface area contributed by atoms with Crippen molar-refractivity contribution in [3.63, 3.8) is 0 Å². The molecule has 0 saturated heterocycles. The summed E-state index contributed by atoms with van der Waals surface area (Å²) in [6.45, 7) is 6.81. The molecule has 0 spiro atoms. The molecule has 0 radical (unpaired) electrons. The molecule has 6 heteroatoms. The summed E-state index contributed by atoms with van der Waals surface area (Å²) in [5.74, 6) is -0.348. The number of hydrogen-bond acceptors (Lipinski definition) is 4. The second-order valence-corrected chi connectivity index (χ2v) is 4.55. The van der Waals surface area contributed by atoms with Gasteiger partial charge in [-0.1, -0.05) is 0 Å². The van der Waals surface area contributed by atoms with Crippen molar-refractivity contribution in [1.82, 2.24) is 9.78 Å². The molecule has 0 aliphatic carbocycles. The van der Waals surface area contributed by atoms with E-state index < -0.39 is 5.97 Å². The molecule has 1 aromatic rings. The van der Waals surface area contributed by atoms with Gasteiger partial charge in [-0.2, -0.15) is 5.10 Å². The van der Waals surface area contributed by atoms with Gasteiger partial charge in [0.1, 0.15) is 11.4 Å². The third kappa shape index (κ3) is 3.22. The molecule has 0 unspecified atom stereocenters. The summed E-state index contributed by atoms with van der Waals surface area (Å²) in [7, 11) is 3.58. The van der Waals surface area contributed by atoms with Crippen LogP contribution < -0.4 is 4.90 Å². The van der Waals surface area contributed by atoms with Gasteiger partial charge in [-0.25, -0.2) is 4.79 Å². The zero-order valence-corrected chi connectivity index (χ0v) is 11.6. The maximum Gasteiger partial charge on any atom is 0.341 e. The maximum atomic E-state index is 11.2. The lowest BCUT2D eigenvalue weighted by atomic mass is 10.2. The molecule has 0 saturated carbocycles. The van der Waals surface area contributed by atoms with E-state index in [9.17, 15) is 9.90 Å². The van der Waals surface area contributed by atoms with Crippen LogP contribution in [0.5, 0.6) is 0 Å². The number of carboxylic acids is 1. The van der Waals surface area contributed by atoms with Gasteiger partial charge in [0.15, 0.2) is 0 Å². The molecule has 0 aromatic carbocycles.